The minimum Gasteiger partial charge on any atom is -0.479 e. The van der Waals surface area contributed by atoms with Gasteiger partial charge >= 0.3 is 5.97 Å². The highest BCUT2D eigenvalue weighted by atomic mass is 16.5. The molecule has 0 rings (SSSR count). The Morgan fingerprint density at radius 1 is 0.512 bits per heavy atom. The van der Waals surface area contributed by atoms with Crippen LogP contribution in [0.2, 0.25) is 0 Å². The number of hydrogen-bond donors (Lipinski definition) is 1. The number of hydrogen-bond acceptors (Lipinski definition) is 2. The maximum atomic E-state index is 11.5. The van der Waals surface area contributed by atoms with Crippen molar-refractivity contribution >= 4 is 5.97 Å². The Labute approximate surface area is 254 Å². The van der Waals surface area contributed by atoms with Gasteiger partial charge in [-0.15, -0.1) is 0 Å². The fraction of sp³-hybridized carbons (Fsp3) is 0.658. The van der Waals surface area contributed by atoms with E-state index in [1.807, 2.05) is 0 Å². The molecule has 1 atom stereocenters. The first-order chi connectivity index (χ1) is 20.2. The number of carbonyl (C=O) groups is 1. The number of carboxylic acid groups (broad SMARTS) is 1. The zero-order valence-corrected chi connectivity index (χ0v) is 26.8. The summed E-state index contributed by atoms with van der Waals surface area (Å²) >= 11 is 0. The van der Waals surface area contributed by atoms with Gasteiger partial charge in [-0.2, -0.15) is 0 Å². The molecule has 0 bridgehead atoms. The van der Waals surface area contributed by atoms with Gasteiger partial charge in [-0.25, -0.2) is 4.79 Å². The van der Waals surface area contributed by atoms with Crippen molar-refractivity contribution < 1.29 is 14.6 Å². The Morgan fingerprint density at radius 2 is 0.878 bits per heavy atom. The van der Waals surface area contributed by atoms with Gasteiger partial charge in [0.15, 0.2) is 6.10 Å². The minimum absolute atomic E-state index is 0.542. The molecule has 0 aliphatic carbocycles. The van der Waals surface area contributed by atoms with E-state index in [9.17, 15) is 9.90 Å². The molecule has 1 N–H and O–H groups in total. The molecule has 0 radical (unpaired) electrons. The second-order valence-electron chi connectivity index (χ2n) is 10.9. The van der Waals surface area contributed by atoms with Gasteiger partial charge in [0.05, 0.1) is 0 Å². The standard InChI is InChI=1S/C38H64O3/c1-3-5-7-9-11-13-15-17-19-21-23-25-27-29-31-33-35-37(38(39)40)41-36-34-32-30-28-26-24-22-20-18-16-14-12-10-8-6-4-2/h11-14,17-20,23-26,37H,3-10,15-16,21-22,27-36H2,1-2H3,(H,39,40). The van der Waals surface area contributed by atoms with Crippen molar-refractivity contribution in [2.45, 2.75) is 155 Å². The predicted molar refractivity (Wildman–Crippen MR) is 181 cm³/mol. The highest BCUT2D eigenvalue weighted by molar-refractivity contribution is 5.72. The third kappa shape index (κ3) is 32.2. The number of aliphatic carboxylic acids is 1. The van der Waals surface area contributed by atoms with Crippen LogP contribution in [0.15, 0.2) is 72.9 Å². The van der Waals surface area contributed by atoms with E-state index >= 15 is 0 Å². The molecule has 0 aliphatic heterocycles. The first-order valence-corrected chi connectivity index (χ1v) is 17.0. The second kappa shape index (κ2) is 34.1. The van der Waals surface area contributed by atoms with Crippen LogP contribution in [-0.4, -0.2) is 23.8 Å². The van der Waals surface area contributed by atoms with E-state index in [4.69, 9.17) is 4.74 Å². The summed E-state index contributed by atoms with van der Waals surface area (Å²) in [4.78, 5) is 11.5. The van der Waals surface area contributed by atoms with Gasteiger partial charge in [-0.05, 0) is 89.9 Å². The van der Waals surface area contributed by atoms with Crippen LogP contribution in [0.4, 0.5) is 0 Å². The normalized spacial score (nSPS) is 13.4. The smallest absolute Gasteiger partial charge is 0.332 e. The highest BCUT2D eigenvalue weighted by Gasteiger charge is 2.16. The lowest BCUT2D eigenvalue weighted by atomic mass is 10.1. The monoisotopic (exact) mass is 568 g/mol. The van der Waals surface area contributed by atoms with Crippen LogP contribution < -0.4 is 0 Å². The maximum absolute atomic E-state index is 11.5. The van der Waals surface area contributed by atoms with Crippen LogP contribution in [0.1, 0.15) is 149 Å². The summed E-state index contributed by atoms with van der Waals surface area (Å²) in [7, 11) is 0. The van der Waals surface area contributed by atoms with E-state index in [2.05, 4.69) is 86.8 Å². The fourth-order valence-corrected chi connectivity index (χ4v) is 4.39. The quantitative estimate of drug-likeness (QED) is 0.0692. The Morgan fingerprint density at radius 3 is 1.27 bits per heavy atom. The number of ether oxygens (including phenoxy) is 1. The molecule has 0 saturated heterocycles. The topological polar surface area (TPSA) is 46.5 Å². The molecule has 0 saturated carbocycles. The molecule has 0 heterocycles. The van der Waals surface area contributed by atoms with Crippen LogP contribution in [0.25, 0.3) is 0 Å². The summed E-state index contributed by atoms with van der Waals surface area (Å²) in [5, 5.41) is 9.47. The van der Waals surface area contributed by atoms with Gasteiger partial charge in [0, 0.05) is 6.61 Å². The lowest BCUT2D eigenvalue weighted by molar-refractivity contribution is -0.151. The van der Waals surface area contributed by atoms with Crippen LogP contribution in [0.5, 0.6) is 0 Å². The lowest BCUT2D eigenvalue weighted by Gasteiger charge is -2.13. The molecule has 41 heavy (non-hydrogen) atoms. The predicted octanol–water partition coefficient (Wildman–Crippen LogP) is 12.0. The SMILES string of the molecule is CCCCCC=CCC=CCC=CCCCCCOC(CCCCCC=CCC=CCC=CCCCCC)C(=O)O. The van der Waals surface area contributed by atoms with Gasteiger partial charge in [0.2, 0.25) is 0 Å². The largest absolute Gasteiger partial charge is 0.479 e. The summed E-state index contributed by atoms with van der Waals surface area (Å²) < 4.78 is 5.69. The first kappa shape index (κ1) is 38.9. The Balaban J connectivity index is 3.65. The molecule has 0 aromatic carbocycles. The average Bonchev–Trinajstić information content (AvgIpc) is 2.97. The van der Waals surface area contributed by atoms with E-state index in [1.165, 1.54) is 51.4 Å². The molecule has 0 amide bonds. The van der Waals surface area contributed by atoms with Gasteiger partial charge in [-0.1, -0.05) is 132 Å². The zero-order valence-electron chi connectivity index (χ0n) is 26.8. The van der Waals surface area contributed by atoms with Crippen LogP contribution in [0.3, 0.4) is 0 Å². The first-order valence-electron chi connectivity index (χ1n) is 17.0. The highest BCUT2D eigenvalue weighted by Crippen LogP contribution is 2.11. The van der Waals surface area contributed by atoms with Crippen molar-refractivity contribution in [1.29, 1.82) is 0 Å². The van der Waals surface area contributed by atoms with E-state index in [0.29, 0.717) is 13.0 Å². The van der Waals surface area contributed by atoms with Crippen molar-refractivity contribution in [2.24, 2.45) is 0 Å². The molecule has 0 aromatic rings. The molecule has 3 heteroatoms. The summed E-state index contributed by atoms with van der Waals surface area (Å²) in [5.41, 5.74) is 0. The Bertz CT molecular complexity index is 726. The minimum atomic E-state index is -0.824. The van der Waals surface area contributed by atoms with E-state index in [1.54, 1.807) is 0 Å². The van der Waals surface area contributed by atoms with Crippen molar-refractivity contribution in [3.63, 3.8) is 0 Å². The number of carboxylic acids is 1. The maximum Gasteiger partial charge on any atom is 0.332 e. The van der Waals surface area contributed by atoms with Crippen molar-refractivity contribution in [3.8, 4) is 0 Å². The number of allylic oxidation sites excluding steroid dienone is 12. The average molecular weight is 569 g/mol. The van der Waals surface area contributed by atoms with E-state index < -0.39 is 12.1 Å². The molecule has 3 nitrogen and oxygen atoms in total. The summed E-state index contributed by atoms with van der Waals surface area (Å²) in [6, 6.07) is 0. The van der Waals surface area contributed by atoms with Crippen molar-refractivity contribution in [2.75, 3.05) is 6.61 Å². The van der Waals surface area contributed by atoms with Gasteiger partial charge in [0.25, 0.3) is 0 Å². The van der Waals surface area contributed by atoms with Crippen molar-refractivity contribution in [1.82, 2.24) is 0 Å². The lowest BCUT2D eigenvalue weighted by Crippen LogP contribution is -2.24. The molecular weight excluding hydrogens is 504 g/mol. The van der Waals surface area contributed by atoms with Crippen molar-refractivity contribution in [3.05, 3.63) is 72.9 Å². The van der Waals surface area contributed by atoms with Crippen LogP contribution in [0, 0.1) is 0 Å². The third-order valence-corrected chi connectivity index (χ3v) is 6.98. The summed E-state index contributed by atoms with van der Waals surface area (Å²) in [6.45, 7) is 5.02. The fourth-order valence-electron chi connectivity index (χ4n) is 4.39. The Hall–Kier alpha value is -2.13. The Kier molecular flexibility index (Phi) is 32.3. The third-order valence-electron chi connectivity index (χ3n) is 6.98. The van der Waals surface area contributed by atoms with Gasteiger partial charge in [0.1, 0.15) is 0 Å². The number of unbranched alkanes of at least 4 members (excludes halogenated alkanes) is 12. The summed E-state index contributed by atoms with van der Waals surface area (Å²) in [6.07, 6.45) is 49.6. The molecule has 234 valence electrons. The van der Waals surface area contributed by atoms with Gasteiger partial charge < -0.3 is 9.84 Å². The molecule has 0 aromatic heterocycles. The molecule has 0 fully saturated rings. The van der Waals surface area contributed by atoms with Crippen LogP contribution in [-0.2, 0) is 9.53 Å². The molecule has 0 spiro atoms. The molecular formula is C38H64O3. The van der Waals surface area contributed by atoms with E-state index in [0.717, 1.165) is 77.0 Å². The summed E-state index contributed by atoms with van der Waals surface area (Å²) in [5.74, 6) is -0.824. The van der Waals surface area contributed by atoms with Crippen LogP contribution >= 0.6 is 0 Å². The van der Waals surface area contributed by atoms with Gasteiger partial charge in [-0.3, -0.25) is 0 Å². The zero-order chi connectivity index (χ0) is 29.9. The van der Waals surface area contributed by atoms with E-state index in [-0.39, 0.29) is 0 Å². The molecule has 0 aliphatic rings. The second-order valence-corrected chi connectivity index (χ2v) is 10.9. The number of rotatable bonds is 30. The molecule has 1 unspecified atom stereocenters.